The Bertz CT molecular complexity index is 732. The summed E-state index contributed by atoms with van der Waals surface area (Å²) in [5.74, 6) is -1.58. The van der Waals surface area contributed by atoms with Gasteiger partial charge in [0.05, 0.1) is 11.5 Å². The molecule has 0 saturated carbocycles. The van der Waals surface area contributed by atoms with E-state index in [0.717, 1.165) is 4.31 Å². The molecule has 20 heavy (non-hydrogen) atoms. The molecule has 1 saturated heterocycles. The van der Waals surface area contributed by atoms with Crippen LogP contribution in [0, 0.1) is 6.92 Å². The molecule has 1 aromatic heterocycles. The van der Waals surface area contributed by atoms with E-state index in [1.807, 2.05) is 0 Å². The Morgan fingerprint density at radius 2 is 1.90 bits per heavy atom. The van der Waals surface area contributed by atoms with Crippen molar-refractivity contribution >= 4 is 37.2 Å². The summed E-state index contributed by atoms with van der Waals surface area (Å²) in [6, 6.07) is 1.31. The van der Waals surface area contributed by atoms with Gasteiger partial charge < -0.3 is 5.11 Å². The molecule has 112 valence electrons. The van der Waals surface area contributed by atoms with Gasteiger partial charge in [-0.25, -0.2) is 21.6 Å². The molecule has 0 aliphatic carbocycles. The highest BCUT2D eigenvalue weighted by Gasteiger charge is 2.33. The molecule has 1 N–H and O–H groups in total. The summed E-state index contributed by atoms with van der Waals surface area (Å²) in [6.07, 6.45) is 0. The smallest absolute Gasteiger partial charge is 0.346 e. The third-order valence-corrected chi connectivity index (χ3v) is 8.17. The molecule has 1 fully saturated rings. The lowest BCUT2D eigenvalue weighted by molar-refractivity contribution is 0.0701. The number of carboxylic acids is 1. The van der Waals surface area contributed by atoms with E-state index in [2.05, 4.69) is 0 Å². The maximum atomic E-state index is 12.3. The van der Waals surface area contributed by atoms with E-state index in [9.17, 15) is 21.6 Å². The number of sulfonamides is 1. The summed E-state index contributed by atoms with van der Waals surface area (Å²) in [4.78, 5) is 10.9. The first-order valence-electron chi connectivity index (χ1n) is 5.68. The molecule has 0 radical (unpaired) electrons. The third kappa shape index (κ3) is 2.87. The first kappa shape index (κ1) is 15.4. The molecule has 0 atom stereocenters. The first-order valence-corrected chi connectivity index (χ1v) is 9.75. The average Bonchev–Trinajstić information content (AvgIpc) is 2.71. The quantitative estimate of drug-likeness (QED) is 0.841. The predicted molar refractivity (Wildman–Crippen MR) is 73.4 cm³/mol. The van der Waals surface area contributed by atoms with Crippen LogP contribution in [0.5, 0.6) is 0 Å². The second-order valence-electron chi connectivity index (χ2n) is 4.44. The van der Waals surface area contributed by atoms with Gasteiger partial charge in [-0.2, -0.15) is 4.31 Å². The number of thiophene rings is 1. The zero-order valence-electron chi connectivity index (χ0n) is 10.6. The van der Waals surface area contributed by atoms with E-state index in [0.29, 0.717) is 16.9 Å². The maximum Gasteiger partial charge on any atom is 0.346 e. The number of rotatable bonds is 3. The molecule has 1 aliphatic heterocycles. The molecule has 7 nitrogen and oxygen atoms in total. The molecule has 2 heterocycles. The summed E-state index contributed by atoms with van der Waals surface area (Å²) >= 11 is 0.689. The number of sulfone groups is 1. The van der Waals surface area contributed by atoms with Crippen molar-refractivity contribution in [3.05, 3.63) is 16.5 Å². The molecule has 0 unspecified atom stereocenters. The average molecular weight is 339 g/mol. The van der Waals surface area contributed by atoms with Crippen molar-refractivity contribution in [1.29, 1.82) is 0 Å². The minimum atomic E-state index is -3.82. The number of nitrogens with zero attached hydrogens (tertiary/aromatic N) is 1. The summed E-state index contributed by atoms with van der Waals surface area (Å²) in [6.45, 7) is 1.34. The number of hydrogen-bond donors (Lipinski definition) is 1. The SMILES string of the molecule is Cc1cc(S(=O)(=O)N2CCS(=O)(=O)CC2)sc1C(=O)O. The monoisotopic (exact) mass is 339 g/mol. The Hall–Kier alpha value is -0.970. The van der Waals surface area contributed by atoms with Gasteiger partial charge in [-0.15, -0.1) is 11.3 Å². The largest absolute Gasteiger partial charge is 0.477 e. The summed E-state index contributed by atoms with van der Waals surface area (Å²) in [5, 5.41) is 8.95. The van der Waals surface area contributed by atoms with Gasteiger partial charge in [-0.1, -0.05) is 0 Å². The van der Waals surface area contributed by atoms with Crippen LogP contribution in [-0.2, 0) is 19.9 Å². The van der Waals surface area contributed by atoms with Crippen molar-refractivity contribution in [3.8, 4) is 0 Å². The Balaban J connectivity index is 2.32. The number of carboxylic acid groups (broad SMARTS) is 1. The standard InChI is InChI=1S/C10H13NO6S3/c1-7-6-8(18-9(7)10(12)13)20(16,17)11-2-4-19(14,15)5-3-11/h6H,2-5H2,1H3,(H,12,13). The lowest BCUT2D eigenvalue weighted by Gasteiger charge is -2.25. The minimum Gasteiger partial charge on any atom is -0.477 e. The predicted octanol–water partition coefficient (Wildman–Crippen LogP) is 0.174. The number of aryl methyl sites for hydroxylation is 1. The highest BCUT2D eigenvalue weighted by molar-refractivity contribution is 7.92. The molecular weight excluding hydrogens is 326 g/mol. The van der Waals surface area contributed by atoms with E-state index in [-0.39, 0.29) is 33.7 Å². The van der Waals surface area contributed by atoms with Gasteiger partial charge in [0, 0.05) is 13.1 Å². The van der Waals surface area contributed by atoms with Crippen molar-refractivity contribution in [1.82, 2.24) is 4.31 Å². The Morgan fingerprint density at radius 3 is 2.35 bits per heavy atom. The van der Waals surface area contributed by atoms with Gasteiger partial charge in [0.25, 0.3) is 10.0 Å². The van der Waals surface area contributed by atoms with E-state index in [1.54, 1.807) is 0 Å². The van der Waals surface area contributed by atoms with Gasteiger partial charge in [0.15, 0.2) is 9.84 Å². The van der Waals surface area contributed by atoms with Gasteiger partial charge >= 0.3 is 5.97 Å². The molecule has 0 aromatic carbocycles. The molecule has 2 rings (SSSR count). The van der Waals surface area contributed by atoms with Gasteiger partial charge in [-0.3, -0.25) is 0 Å². The van der Waals surface area contributed by atoms with Gasteiger partial charge in [-0.05, 0) is 18.6 Å². The molecule has 10 heteroatoms. The van der Waals surface area contributed by atoms with Crippen molar-refractivity contribution in [3.63, 3.8) is 0 Å². The van der Waals surface area contributed by atoms with Gasteiger partial charge in [0.2, 0.25) is 0 Å². The van der Waals surface area contributed by atoms with Crippen molar-refractivity contribution in [2.45, 2.75) is 11.1 Å². The molecule has 0 spiro atoms. The van der Waals surface area contributed by atoms with Crippen LogP contribution >= 0.6 is 11.3 Å². The summed E-state index contributed by atoms with van der Waals surface area (Å²) in [7, 11) is -6.99. The molecule has 0 amide bonds. The molecule has 0 bridgehead atoms. The Labute approximate surface area is 120 Å². The lowest BCUT2D eigenvalue weighted by atomic mass is 10.3. The maximum absolute atomic E-state index is 12.3. The van der Waals surface area contributed by atoms with E-state index < -0.39 is 25.8 Å². The summed E-state index contributed by atoms with van der Waals surface area (Å²) < 4.78 is 48.3. The number of aromatic carboxylic acids is 1. The van der Waals surface area contributed by atoms with Crippen molar-refractivity contribution < 1.29 is 26.7 Å². The van der Waals surface area contributed by atoms with Crippen LogP contribution in [0.2, 0.25) is 0 Å². The highest BCUT2D eigenvalue weighted by atomic mass is 32.2. The summed E-state index contributed by atoms with van der Waals surface area (Å²) in [5.41, 5.74) is 0.380. The Morgan fingerprint density at radius 1 is 1.35 bits per heavy atom. The number of hydrogen-bond acceptors (Lipinski definition) is 6. The van der Waals surface area contributed by atoms with Crippen LogP contribution in [0.4, 0.5) is 0 Å². The van der Waals surface area contributed by atoms with Crippen LogP contribution in [0.15, 0.2) is 10.3 Å². The Kier molecular flexibility index (Phi) is 3.93. The second-order valence-corrected chi connectivity index (χ2v) is 9.96. The van der Waals surface area contributed by atoms with Crippen LogP contribution in [-0.4, -0.2) is 56.8 Å². The van der Waals surface area contributed by atoms with Crippen LogP contribution in [0.1, 0.15) is 15.2 Å². The van der Waals surface area contributed by atoms with Crippen LogP contribution < -0.4 is 0 Å². The molecular formula is C10H13NO6S3. The second kappa shape index (κ2) is 5.10. The zero-order valence-corrected chi connectivity index (χ0v) is 13.0. The van der Waals surface area contributed by atoms with E-state index >= 15 is 0 Å². The fourth-order valence-corrected chi connectivity index (χ4v) is 6.26. The fourth-order valence-electron chi connectivity index (χ4n) is 1.86. The van der Waals surface area contributed by atoms with E-state index in [1.165, 1.54) is 13.0 Å². The molecule has 1 aromatic rings. The minimum absolute atomic E-state index is 0.0202. The first-order chi connectivity index (χ1) is 9.13. The third-order valence-electron chi connectivity index (χ3n) is 2.99. The number of carbonyl (C=O) groups is 1. The van der Waals surface area contributed by atoms with Crippen molar-refractivity contribution in [2.24, 2.45) is 0 Å². The fraction of sp³-hybridized carbons (Fsp3) is 0.500. The van der Waals surface area contributed by atoms with Gasteiger partial charge in [0.1, 0.15) is 9.09 Å². The van der Waals surface area contributed by atoms with Crippen LogP contribution in [0.3, 0.4) is 0 Å². The zero-order chi connectivity index (χ0) is 15.1. The van der Waals surface area contributed by atoms with Crippen LogP contribution in [0.25, 0.3) is 0 Å². The lowest BCUT2D eigenvalue weighted by Crippen LogP contribution is -2.43. The molecule has 1 aliphatic rings. The highest BCUT2D eigenvalue weighted by Crippen LogP contribution is 2.29. The van der Waals surface area contributed by atoms with E-state index in [4.69, 9.17) is 5.11 Å². The topological polar surface area (TPSA) is 109 Å². The normalized spacial score (nSPS) is 19.9. The van der Waals surface area contributed by atoms with Crippen molar-refractivity contribution in [2.75, 3.05) is 24.6 Å².